The number of benzene rings is 1. The van der Waals surface area contributed by atoms with Gasteiger partial charge in [-0.15, -0.1) is 12.4 Å². The standard InChI is InChI=1S/C15H22N2.ClH/c1-3-4-7-10-16-11-13-12-17(2)15-9-6-5-8-14(13)15;/h5-6,8-9,12,16H,3-4,7,10-11H2,1-2H3;1H. The van der Waals surface area contributed by atoms with Gasteiger partial charge in [0.05, 0.1) is 0 Å². The number of nitrogens with one attached hydrogen (secondary N) is 1. The van der Waals surface area contributed by atoms with Gasteiger partial charge in [-0.1, -0.05) is 38.0 Å². The number of para-hydroxylation sites is 1. The molecule has 0 amide bonds. The van der Waals surface area contributed by atoms with E-state index in [4.69, 9.17) is 0 Å². The fourth-order valence-corrected chi connectivity index (χ4v) is 2.29. The second-order valence-electron chi connectivity index (χ2n) is 4.67. The monoisotopic (exact) mass is 266 g/mol. The average Bonchev–Trinajstić information content (AvgIpc) is 2.67. The molecule has 1 aromatic carbocycles. The Labute approximate surface area is 116 Å². The lowest BCUT2D eigenvalue weighted by atomic mass is 10.2. The van der Waals surface area contributed by atoms with Gasteiger partial charge in [-0.2, -0.15) is 0 Å². The van der Waals surface area contributed by atoms with Crippen molar-refractivity contribution in [2.24, 2.45) is 7.05 Å². The van der Waals surface area contributed by atoms with E-state index in [9.17, 15) is 0 Å². The molecular weight excluding hydrogens is 244 g/mol. The largest absolute Gasteiger partial charge is 0.350 e. The van der Waals surface area contributed by atoms with Crippen LogP contribution in [0.3, 0.4) is 0 Å². The number of hydrogen-bond acceptors (Lipinski definition) is 1. The maximum absolute atomic E-state index is 3.53. The van der Waals surface area contributed by atoms with Gasteiger partial charge in [-0.25, -0.2) is 0 Å². The summed E-state index contributed by atoms with van der Waals surface area (Å²) in [6.45, 7) is 4.34. The smallest absolute Gasteiger partial charge is 0.0481 e. The zero-order valence-corrected chi connectivity index (χ0v) is 12.1. The minimum Gasteiger partial charge on any atom is -0.350 e. The summed E-state index contributed by atoms with van der Waals surface area (Å²) in [4.78, 5) is 0. The van der Waals surface area contributed by atoms with Crippen LogP contribution >= 0.6 is 12.4 Å². The highest BCUT2D eigenvalue weighted by molar-refractivity contribution is 5.85. The lowest BCUT2D eigenvalue weighted by Crippen LogP contribution is -2.14. The lowest BCUT2D eigenvalue weighted by molar-refractivity contribution is 0.617. The predicted molar refractivity (Wildman–Crippen MR) is 81.4 cm³/mol. The molecule has 1 N–H and O–H groups in total. The van der Waals surface area contributed by atoms with Gasteiger partial charge in [0.25, 0.3) is 0 Å². The summed E-state index contributed by atoms with van der Waals surface area (Å²) in [6.07, 6.45) is 6.12. The zero-order valence-electron chi connectivity index (χ0n) is 11.3. The predicted octanol–water partition coefficient (Wildman–Crippen LogP) is 3.88. The van der Waals surface area contributed by atoms with Crippen molar-refractivity contribution < 1.29 is 0 Å². The molecule has 0 spiro atoms. The molecule has 0 radical (unpaired) electrons. The molecule has 0 saturated carbocycles. The summed E-state index contributed by atoms with van der Waals surface area (Å²) >= 11 is 0. The van der Waals surface area contributed by atoms with Gasteiger partial charge in [-0.05, 0) is 24.6 Å². The van der Waals surface area contributed by atoms with Crippen LogP contribution in [0, 0.1) is 0 Å². The van der Waals surface area contributed by atoms with E-state index in [-0.39, 0.29) is 12.4 Å². The van der Waals surface area contributed by atoms with E-state index < -0.39 is 0 Å². The van der Waals surface area contributed by atoms with Crippen LogP contribution in [0.15, 0.2) is 30.5 Å². The van der Waals surface area contributed by atoms with Crippen LogP contribution in [-0.2, 0) is 13.6 Å². The first kappa shape index (κ1) is 15.1. The molecule has 1 aromatic heterocycles. The molecule has 3 heteroatoms. The lowest BCUT2D eigenvalue weighted by Gasteiger charge is -2.02. The Morgan fingerprint density at radius 2 is 1.94 bits per heavy atom. The SMILES string of the molecule is CCCCCNCc1cn(C)c2ccccc12.Cl. The molecule has 0 bridgehead atoms. The average molecular weight is 267 g/mol. The van der Waals surface area contributed by atoms with Crippen molar-refractivity contribution in [3.8, 4) is 0 Å². The minimum atomic E-state index is 0. The number of hydrogen-bond donors (Lipinski definition) is 1. The first-order valence-electron chi connectivity index (χ1n) is 6.56. The highest BCUT2D eigenvalue weighted by Crippen LogP contribution is 2.19. The van der Waals surface area contributed by atoms with Gasteiger partial charge < -0.3 is 9.88 Å². The summed E-state index contributed by atoms with van der Waals surface area (Å²) < 4.78 is 2.21. The number of aryl methyl sites for hydroxylation is 1. The van der Waals surface area contributed by atoms with Crippen molar-refractivity contribution in [3.05, 3.63) is 36.0 Å². The highest BCUT2D eigenvalue weighted by Gasteiger charge is 2.04. The normalized spacial score (nSPS) is 10.6. The van der Waals surface area contributed by atoms with E-state index in [0.29, 0.717) is 0 Å². The molecule has 0 aliphatic heterocycles. The van der Waals surface area contributed by atoms with E-state index in [2.05, 4.69) is 54.3 Å². The Morgan fingerprint density at radius 3 is 2.72 bits per heavy atom. The van der Waals surface area contributed by atoms with Crippen LogP contribution in [0.2, 0.25) is 0 Å². The first-order chi connectivity index (χ1) is 8.33. The molecular formula is C15H23ClN2. The summed E-state index contributed by atoms with van der Waals surface area (Å²) in [5.74, 6) is 0. The number of halogens is 1. The van der Waals surface area contributed by atoms with Gasteiger partial charge in [0, 0.05) is 30.7 Å². The molecule has 18 heavy (non-hydrogen) atoms. The topological polar surface area (TPSA) is 17.0 Å². The third-order valence-electron chi connectivity index (χ3n) is 3.25. The Balaban J connectivity index is 0.00000162. The summed E-state index contributed by atoms with van der Waals surface area (Å²) in [5, 5.41) is 4.90. The summed E-state index contributed by atoms with van der Waals surface area (Å²) in [7, 11) is 2.11. The third-order valence-corrected chi connectivity index (χ3v) is 3.25. The van der Waals surface area contributed by atoms with Gasteiger partial charge >= 0.3 is 0 Å². The quantitative estimate of drug-likeness (QED) is 0.785. The van der Waals surface area contributed by atoms with Gasteiger partial charge in [0.1, 0.15) is 0 Å². The number of fused-ring (bicyclic) bond motifs is 1. The number of aromatic nitrogens is 1. The Kier molecular flexibility index (Phi) is 6.23. The van der Waals surface area contributed by atoms with Gasteiger partial charge in [0.15, 0.2) is 0 Å². The maximum Gasteiger partial charge on any atom is 0.0481 e. The van der Waals surface area contributed by atoms with Crippen molar-refractivity contribution in [2.75, 3.05) is 6.54 Å². The van der Waals surface area contributed by atoms with Gasteiger partial charge in [0.2, 0.25) is 0 Å². The molecule has 0 unspecified atom stereocenters. The van der Waals surface area contributed by atoms with Crippen LogP contribution in [0.4, 0.5) is 0 Å². The van der Waals surface area contributed by atoms with Crippen LogP contribution in [0.25, 0.3) is 10.9 Å². The van der Waals surface area contributed by atoms with E-state index in [1.165, 1.54) is 35.7 Å². The Hall–Kier alpha value is -0.990. The molecule has 0 aliphatic rings. The summed E-state index contributed by atoms with van der Waals surface area (Å²) in [5.41, 5.74) is 2.72. The number of rotatable bonds is 6. The Morgan fingerprint density at radius 1 is 1.17 bits per heavy atom. The van der Waals surface area contributed by atoms with Crippen molar-refractivity contribution in [2.45, 2.75) is 32.7 Å². The first-order valence-corrected chi connectivity index (χ1v) is 6.56. The molecule has 2 nitrogen and oxygen atoms in total. The van der Waals surface area contributed by atoms with Crippen molar-refractivity contribution >= 4 is 23.3 Å². The Bertz CT molecular complexity index is 476. The molecule has 1 heterocycles. The fourth-order valence-electron chi connectivity index (χ4n) is 2.29. The molecule has 0 saturated heterocycles. The molecule has 2 aromatic rings. The van der Waals surface area contributed by atoms with E-state index in [1.807, 2.05) is 0 Å². The van der Waals surface area contributed by atoms with Gasteiger partial charge in [-0.3, -0.25) is 0 Å². The second kappa shape index (κ2) is 7.45. The van der Waals surface area contributed by atoms with Crippen LogP contribution in [0.5, 0.6) is 0 Å². The van der Waals surface area contributed by atoms with Crippen molar-refractivity contribution in [1.29, 1.82) is 0 Å². The van der Waals surface area contributed by atoms with Crippen LogP contribution in [0.1, 0.15) is 31.7 Å². The molecule has 0 aliphatic carbocycles. The minimum absolute atomic E-state index is 0. The maximum atomic E-state index is 3.53. The highest BCUT2D eigenvalue weighted by atomic mass is 35.5. The number of unbranched alkanes of at least 4 members (excludes halogenated alkanes) is 2. The fraction of sp³-hybridized carbons (Fsp3) is 0.467. The van der Waals surface area contributed by atoms with Crippen LogP contribution in [-0.4, -0.2) is 11.1 Å². The third kappa shape index (κ3) is 3.50. The molecule has 100 valence electrons. The van der Waals surface area contributed by atoms with Crippen molar-refractivity contribution in [1.82, 2.24) is 9.88 Å². The van der Waals surface area contributed by atoms with Crippen LogP contribution < -0.4 is 5.32 Å². The second-order valence-corrected chi connectivity index (χ2v) is 4.67. The van der Waals surface area contributed by atoms with E-state index in [1.54, 1.807) is 0 Å². The molecule has 0 fully saturated rings. The number of nitrogens with zero attached hydrogens (tertiary/aromatic N) is 1. The zero-order chi connectivity index (χ0) is 12.1. The molecule has 0 atom stereocenters. The molecule has 2 rings (SSSR count). The summed E-state index contributed by atoms with van der Waals surface area (Å²) in [6, 6.07) is 8.60. The van der Waals surface area contributed by atoms with E-state index in [0.717, 1.165) is 13.1 Å². The van der Waals surface area contributed by atoms with Crippen molar-refractivity contribution in [3.63, 3.8) is 0 Å². The van der Waals surface area contributed by atoms with E-state index >= 15 is 0 Å².